The predicted octanol–water partition coefficient (Wildman–Crippen LogP) is 3.42. The summed E-state index contributed by atoms with van der Waals surface area (Å²) in [5.41, 5.74) is 1.92. The third kappa shape index (κ3) is 2.86. The molecule has 92 valence electrons. The number of hydrogen-bond acceptors (Lipinski definition) is 2. The summed E-state index contributed by atoms with van der Waals surface area (Å²) in [6.07, 6.45) is 3.25. The Morgan fingerprint density at radius 2 is 2.29 bits per heavy atom. The number of hydrogen-bond donors (Lipinski definition) is 0. The highest BCUT2D eigenvalue weighted by Gasteiger charge is 2.13. The second-order valence-electron chi connectivity index (χ2n) is 4.16. The van der Waals surface area contributed by atoms with Gasteiger partial charge in [0.05, 0.1) is 19.3 Å². The van der Waals surface area contributed by atoms with E-state index in [1.807, 2.05) is 19.9 Å². The molecule has 0 fully saturated rings. The number of benzene rings is 1. The highest BCUT2D eigenvalue weighted by atomic mass is 19.1. The number of rotatable bonds is 3. The molecule has 1 unspecified atom stereocenters. The maximum absolute atomic E-state index is 13.7. The summed E-state index contributed by atoms with van der Waals surface area (Å²) in [4.78, 5) is 0. The van der Waals surface area contributed by atoms with Crippen molar-refractivity contribution in [1.29, 1.82) is 0 Å². The van der Waals surface area contributed by atoms with Gasteiger partial charge in [0.1, 0.15) is 0 Å². The third-order valence-corrected chi connectivity index (χ3v) is 2.82. The number of ether oxygens (including phenoxy) is 2. The molecule has 1 heterocycles. The Bertz CT molecular complexity index is 426. The van der Waals surface area contributed by atoms with Crippen LogP contribution in [0.5, 0.6) is 5.75 Å². The highest BCUT2D eigenvalue weighted by Crippen LogP contribution is 2.26. The Labute approximate surface area is 101 Å². The monoisotopic (exact) mass is 236 g/mol. The molecule has 3 heteroatoms. The largest absolute Gasteiger partial charge is 0.491 e. The molecule has 0 radical (unpaired) electrons. The molecule has 0 N–H and O–H groups in total. The molecule has 0 saturated carbocycles. The molecular weight excluding hydrogens is 219 g/mol. The molecule has 1 aromatic rings. The molecule has 1 aliphatic heterocycles. The van der Waals surface area contributed by atoms with E-state index in [1.165, 1.54) is 6.07 Å². The van der Waals surface area contributed by atoms with Gasteiger partial charge in [-0.05, 0) is 43.5 Å². The first-order chi connectivity index (χ1) is 8.20. The van der Waals surface area contributed by atoms with Crippen LogP contribution < -0.4 is 4.74 Å². The summed E-state index contributed by atoms with van der Waals surface area (Å²) in [5, 5.41) is 0. The molecule has 0 aromatic heterocycles. The van der Waals surface area contributed by atoms with Crippen LogP contribution >= 0.6 is 0 Å². The topological polar surface area (TPSA) is 18.5 Å². The molecule has 2 nitrogen and oxygen atoms in total. The fourth-order valence-electron chi connectivity index (χ4n) is 1.84. The van der Waals surface area contributed by atoms with Gasteiger partial charge in [-0.3, -0.25) is 0 Å². The van der Waals surface area contributed by atoms with E-state index in [4.69, 9.17) is 9.47 Å². The Morgan fingerprint density at radius 3 is 2.88 bits per heavy atom. The fraction of sp³-hybridized carbons (Fsp3) is 0.429. The first-order valence-electron chi connectivity index (χ1n) is 5.94. The lowest BCUT2D eigenvalue weighted by Gasteiger charge is -2.20. The zero-order valence-corrected chi connectivity index (χ0v) is 10.2. The SMILES string of the molecule is CCOc1ccc(C2=CCC(C)OC2)cc1F. The standard InChI is InChI=1S/C14H17FO2/c1-3-16-14-7-6-11(8-13(14)15)12-5-4-10(2)17-9-12/h5-8,10H,3-4,9H2,1-2H3. The lowest BCUT2D eigenvalue weighted by molar-refractivity contribution is 0.0872. The van der Waals surface area contributed by atoms with Gasteiger partial charge < -0.3 is 9.47 Å². The maximum atomic E-state index is 13.7. The fourth-order valence-corrected chi connectivity index (χ4v) is 1.84. The zero-order chi connectivity index (χ0) is 12.3. The smallest absolute Gasteiger partial charge is 0.165 e. The molecule has 0 spiro atoms. The van der Waals surface area contributed by atoms with Crippen LogP contribution in [0.4, 0.5) is 4.39 Å². The van der Waals surface area contributed by atoms with Gasteiger partial charge in [-0.2, -0.15) is 0 Å². The van der Waals surface area contributed by atoms with Crippen molar-refractivity contribution in [2.45, 2.75) is 26.4 Å². The number of halogens is 1. The van der Waals surface area contributed by atoms with E-state index >= 15 is 0 Å². The summed E-state index contributed by atoms with van der Waals surface area (Å²) in [5.74, 6) is -0.00850. The quantitative estimate of drug-likeness (QED) is 0.800. The summed E-state index contributed by atoms with van der Waals surface area (Å²) < 4.78 is 24.4. The van der Waals surface area contributed by atoms with Crippen molar-refractivity contribution in [1.82, 2.24) is 0 Å². The first-order valence-corrected chi connectivity index (χ1v) is 5.94. The van der Waals surface area contributed by atoms with E-state index in [0.717, 1.165) is 17.6 Å². The van der Waals surface area contributed by atoms with E-state index in [0.29, 0.717) is 19.0 Å². The van der Waals surface area contributed by atoms with Crippen molar-refractivity contribution >= 4 is 5.57 Å². The molecule has 0 saturated heterocycles. The Kier molecular flexibility index (Phi) is 3.79. The van der Waals surface area contributed by atoms with E-state index in [2.05, 4.69) is 6.08 Å². The second-order valence-corrected chi connectivity index (χ2v) is 4.16. The first kappa shape index (κ1) is 12.1. The van der Waals surface area contributed by atoms with Crippen LogP contribution in [0, 0.1) is 5.82 Å². The molecular formula is C14H17FO2. The lowest BCUT2D eigenvalue weighted by Crippen LogP contribution is -2.14. The average Bonchev–Trinajstić information content (AvgIpc) is 2.33. The molecule has 1 aromatic carbocycles. The van der Waals surface area contributed by atoms with Crippen LogP contribution in [-0.4, -0.2) is 19.3 Å². The van der Waals surface area contributed by atoms with Crippen molar-refractivity contribution in [3.05, 3.63) is 35.7 Å². The summed E-state index contributed by atoms with van der Waals surface area (Å²) >= 11 is 0. The molecule has 1 aliphatic rings. The summed E-state index contributed by atoms with van der Waals surface area (Å²) in [6, 6.07) is 5.06. The molecule has 17 heavy (non-hydrogen) atoms. The second kappa shape index (κ2) is 5.32. The minimum Gasteiger partial charge on any atom is -0.491 e. The normalized spacial score (nSPS) is 19.9. The zero-order valence-electron chi connectivity index (χ0n) is 10.2. The van der Waals surface area contributed by atoms with Gasteiger partial charge in [0, 0.05) is 0 Å². The van der Waals surface area contributed by atoms with Gasteiger partial charge in [0.25, 0.3) is 0 Å². The van der Waals surface area contributed by atoms with Gasteiger partial charge in [-0.25, -0.2) is 4.39 Å². The van der Waals surface area contributed by atoms with Crippen molar-refractivity contribution < 1.29 is 13.9 Å². The molecule has 2 rings (SSSR count). The van der Waals surface area contributed by atoms with Crippen LogP contribution in [0.1, 0.15) is 25.8 Å². The molecule has 0 aliphatic carbocycles. The molecule has 0 amide bonds. The van der Waals surface area contributed by atoms with Crippen LogP contribution in [0.3, 0.4) is 0 Å². The minimum atomic E-state index is -0.316. The van der Waals surface area contributed by atoms with Crippen molar-refractivity contribution in [3.63, 3.8) is 0 Å². The van der Waals surface area contributed by atoms with Gasteiger partial charge in [0.15, 0.2) is 11.6 Å². The molecule has 0 bridgehead atoms. The van der Waals surface area contributed by atoms with Crippen molar-refractivity contribution in [3.8, 4) is 5.75 Å². The van der Waals surface area contributed by atoms with Gasteiger partial charge in [-0.1, -0.05) is 12.1 Å². The lowest BCUT2D eigenvalue weighted by atomic mass is 10.0. The van der Waals surface area contributed by atoms with Gasteiger partial charge in [-0.15, -0.1) is 0 Å². The van der Waals surface area contributed by atoms with E-state index in [-0.39, 0.29) is 11.9 Å². The van der Waals surface area contributed by atoms with Crippen LogP contribution in [0.15, 0.2) is 24.3 Å². The van der Waals surface area contributed by atoms with E-state index in [1.54, 1.807) is 6.07 Å². The summed E-state index contributed by atoms with van der Waals surface area (Å²) in [7, 11) is 0. The predicted molar refractivity (Wildman–Crippen MR) is 65.6 cm³/mol. The average molecular weight is 236 g/mol. The van der Waals surface area contributed by atoms with Gasteiger partial charge >= 0.3 is 0 Å². The highest BCUT2D eigenvalue weighted by molar-refractivity contribution is 5.67. The van der Waals surface area contributed by atoms with E-state index in [9.17, 15) is 4.39 Å². The minimum absolute atomic E-state index is 0.256. The Morgan fingerprint density at radius 1 is 1.47 bits per heavy atom. The molecule has 1 atom stereocenters. The van der Waals surface area contributed by atoms with Crippen molar-refractivity contribution in [2.75, 3.05) is 13.2 Å². The van der Waals surface area contributed by atoms with Crippen LogP contribution in [0.2, 0.25) is 0 Å². The van der Waals surface area contributed by atoms with Crippen molar-refractivity contribution in [2.24, 2.45) is 0 Å². The Hall–Kier alpha value is -1.35. The summed E-state index contributed by atoms with van der Waals surface area (Å²) in [6.45, 7) is 4.90. The Balaban J connectivity index is 2.20. The van der Waals surface area contributed by atoms with Gasteiger partial charge in [0.2, 0.25) is 0 Å². The van der Waals surface area contributed by atoms with E-state index < -0.39 is 0 Å². The maximum Gasteiger partial charge on any atom is 0.165 e. The van der Waals surface area contributed by atoms with Crippen LogP contribution in [0.25, 0.3) is 5.57 Å². The third-order valence-electron chi connectivity index (χ3n) is 2.82. The van der Waals surface area contributed by atoms with Crippen LogP contribution in [-0.2, 0) is 4.74 Å².